The summed E-state index contributed by atoms with van der Waals surface area (Å²) in [5.41, 5.74) is 7.03. The lowest BCUT2D eigenvalue weighted by Gasteiger charge is -2.08. The van der Waals surface area contributed by atoms with Gasteiger partial charge < -0.3 is 5.73 Å². The average molecular weight is 464 g/mol. The van der Waals surface area contributed by atoms with Crippen LogP contribution < -0.4 is 5.73 Å². The molecule has 0 bridgehead atoms. The van der Waals surface area contributed by atoms with E-state index in [1.165, 1.54) is 4.90 Å². The third-order valence-electron chi connectivity index (χ3n) is 2.66. The number of benzene rings is 1. The van der Waals surface area contributed by atoms with Crippen molar-refractivity contribution < 1.29 is 0 Å². The summed E-state index contributed by atoms with van der Waals surface area (Å²) in [5.74, 6) is 2.13. The van der Waals surface area contributed by atoms with Crippen LogP contribution in [0.5, 0.6) is 0 Å². The lowest BCUT2D eigenvalue weighted by Crippen LogP contribution is -2.06. The molecular formula is C14H15BrIN3S. The quantitative estimate of drug-likeness (QED) is 0.517. The number of aromatic nitrogens is 2. The van der Waals surface area contributed by atoms with Crippen LogP contribution in [0.3, 0.4) is 0 Å². The van der Waals surface area contributed by atoms with Crippen LogP contribution in [0.15, 0.2) is 33.6 Å². The predicted octanol–water partition coefficient (Wildman–Crippen LogP) is 4.67. The van der Waals surface area contributed by atoms with E-state index in [0.717, 1.165) is 38.2 Å². The molecule has 20 heavy (non-hydrogen) atoms. The summed E-state index contributed by atoms with van der Waals surface area (Å²) in [6, 6.07) is 8.23. The van der Waals surface area contributed by atoms with Gasteiger partial charge in [0.1, 0.15) is 11.6 Å². The zero-order valence-corrected chi connectivity index (χ0v) is 15.6. The first-order valence-corrected chi connectivity index (χ1v) is 9.15. The summed E-state index contributed by atoms with van der Waals surface area (Å²) >= 11 is 7.38. The van der Waals surface area contributed by atoms with Crippen molar-refractivity contribution >= 4 is 56.1 Å². The molecule has 2 aromatic rings. The van der Waals surface area contributed by atoms with Crippen LogP contribution in [0.25, 0.3) is 0 Å². The van der Waals surface area contributed by atoms with Crippen molar-refractivity contribution in [3.05, 3.63) is 43.8 Å². The standard InChI is InChI=1S/C14H15BrIN3S/c1-2-3-11-13(16)14(17)19-12(18-11)8-20-10-6-4-9(15)5-7-10/h4-7H,2-3,8H2,1H3,(H2,17,18,19). The molecule has 0 amide bonds. The third-order valence-corrected chi connectivity index (χ3v) is 5.37. The van der Waals surface area contributed by atoms with Crippen molar-refractivity contribution in [3.8, 4) is 0 Å². The minimum Gasteiger partial charge on any atom is -0.383 e. The Morgan fingerprint density at radius 2 is 1.95 bits per heavy atom. The normalized spacial score (nSPS) is 10.8. The monoisotopic (exact) mass is 463 g/mol. The molecule has 0 aliphatic heterocycles. The van der Waals surface area contributed by atoms with E-state index in [1.807, 2.05) is 12.1 Å². The van der Waals surface area contributed by atoms with E-state index in [2.05, 4.69) is 67.5 Å². The molecule has 2 N–H and O–H groups in total. The van der Waals surface area contributed by atoms with Crippen LogP contribution in [-0.2, 0) is 12.2 Å². The number of halogens is 2. The number of aryl methyl sites for hydroxylation is 1. The number of nitrogens with two attached hydrogens (primary N) is 1. The van der Waals surface area contributed by atoms with Crippen molar-refractivity contribution in [2.45, 2.75) is 30.4 Å². The second kappa shape index (κ2) is 7.61. The highest BCUT2D eigenvalue weighted by molar-refractivity contribution is 14.1. The Bertz CT molecular complexity index is 590. The lowest BCUT2D eigenvalue weighted by molar-refractivity contribution is 0.848. The lowest BCUT2D eigenvalue weighted by atomic mass is 10.2. The molecule has 1 aromatic heterocycles. The van der Waals surface area contributed by atoms with Gasteiger partial charge in [-0.3, -0.25) is 0 Å². The zero-order valence-electron chi connectivity index (χ0n) is 11.1. The van der Waals surface area contributed by atoms with Gasteiger partial charge in [-0.1, -0.05) is 29.3 Å². The van der Waals surface area contributed by atoms with Gasteiger partial charge in [-0.25, -0.2) is 9.97 Å². The molecule has 2 rings (SSSR count). The highest BCUT2D eigenvalue weighted by Crippen LogP contribution is 2.25. The number of anilines is 1. The molecule has 0 spiro atoms. The van der Waals surface area contributed by atoms with Crippen molar-refractivity contribution in [1.29, 1.82) is 0 Å². The second-order valence-electron chi connectivity index (χ2n) is 4.28. The molecule has 6 heteroatoms. The molecule has 1 heterocycles. The van der Waals surface area contributed by atoms with E-state index >= 15 is 0 Å². The summed E-state index contributed by atoms with van der Waals surface area (Å²) in [7, 11) is 0. The fraction of sp³-hybridized carbons (Fsp3) is 0.286. The van der Waals surface area contributed by atoms with E-state index in [1.54, 1.807) is 11.8 Å². The van der Waals surface area contributed by atoms with E-state index in [-0.39, 0.29) is 0 Å². The topological polar surface area (TPSA) is 51.8 Å². The molecular weight excluding hydrogens is 449 g/mol. The maximum atomic E-state index is 5.97. The van der Waals surface area contributed by atoms with Crippen molar-refractivity contribution in [1.82, 2.24) is 9.97 Å². The molecule has 0 saturated heterocycles. The van der Waals surface area contributed by atoms with Crippen LogP contribution >= 0.6 is 50.3 Å². The number of thioether (sulfide) groups is 1. The maximum Gasteiger partial charge on any atom is 0.141 e. The summed E-state index contributed by atoms with van der Waals surface area (Å²) < 4.78 is 2.07. The summed E-state index contributed by atoms with van der Waals surface area (Å²) in [6.45, 7) is 2.14. The van der Waals surface area contributed by atoms with Crippen molar-refractivity contribution in [2.24, 2.45) is 0 Å². The largest absolute Gasteiger partial charge is 0.383 e. The smallest absolute Gasteiger partial charge is 0.141 e. The highest BCUT2D eigenvalue weighted by Gasteiger charge is 2.09. The first-order valence-electron chi connectivity index (χ1n) is 6.29. The van der Waals surface area contributed by atoms with Crippen molar-refractivity contribution in [3.63, 3.8) is 0 Å². The highest BCUT2D eigenvalue weighted by atomic mass is 127. The van der Waals surface area contributed by atoms with Gasteiger partial charge >= 0.3 is 0 Å². The molecule has 3 nitrogen and oxygen atoms in total. The number of nitrogens with zero attached hydrogens (tertiary/aromatic N) is 2. The van der Waals surface area contributed by atoms with Gasteiger partial charge in [-0.05, 0) is 53.3 Å². The molecule has 106 valence electrons. The van der Waals surface area contributed by atoms with E-state index in [9.17, 15) is 0 Å². The van der Waals surface area contributed by atoms with E-state index in [0.29, 0.717) is 5.82 Å². The Kier molecular flexibility index (Phi) is 6.10. The maximum absolute atomic E-state index is 5.97. The number of hydrogen-bond acceptors (Lipinski definition) is 4. The van der Waals surface area contributed by atoms with Crippen LogP contribution in [0, 0.1) is 3.57 Å². The van der Waals surface area contributed by atoms with Gasteiger partial charge in [-0.2, -0.15) is 0 Å². The average Bonchev–Trinajstić information content (AvgIpc) is 2.44. The summed E-state index contributed by atoms with van der Waals surface area (Å²) in [6.07, 6.45) is 2.01. The molecule has 0 fully saturated rings. The van der Waals surface area contributed by atoms with Crippen LogP contribution in [0.2, 0.25) is 0 Å². The SMILES string of the molecule is CCCc1nc(CSc2ccc(Br)cc2)nc(N)c1I. The minimum absolute atomic E-state index is 0.593. The molecule has 1 aromatic carbocycles. The number of rotatable bonds is 5. The number of hydrogen-bond donors (Lipinski definition) is 1. The molecule has 0 radical (unpaired) electrons. The van der Waals surface area contributed by atoms with Crippen LogP contribution in [0.4, 0.5) is 5.82 Å². The molecule has 0 atom stereocenters. The minimum atomic E-state index is 0.593. The Morgan fingerprint density at radius 3 is 2.60 bits per heavy atom. The van der Waals surface area contributed by atoms with Gasteiger partial charge in [0.25, 0.3) is 0 Å². The van der Waals surface area contributed by atoms with Gasteiger partial charge in [0.2, 0.25) is 0 Å². The van der Waals surface area contributed by atoms with Gasteiger partial charge in [0, 0.05) is 9.37 Å². The summed E-state index contributed by atoms with van der Waals surface area (Å²) in [4.78, 5) is 10.2. The fourth-order valence-corrected chi connectivity index (χ4v) is 3.24. The van der Waals surface area contributed by atoms with Crippen LogP contribution in [0.1, 0.15) is 24.9 Å². The molecule has 0 aliphatic rings. The first kappa shape index (κ1) is 16.0. The van der Waals surface area contributed by atoms with Gasteiger partial charge in [0.15, 0.2) is 0 Å². The van der Waals surface area contributed by atoms with E-state index in [4.69, 9.17) is 5.73 Å². The van der Waals surface area contributed by atoms with Gasteiger partial charge in [0.05, 0.1) is 15.0 Å². The van der Waals surface area contributed by atoms with Crippen LogP contribution in [-0.4, -0.2) is 9.97 Å². The zero-order chi connectivity index (χ0) is 14.5. The van der Waals surface area contributed by atoms with Gasteiger partial charge in [-0.15, -0.1) is 11.8 Å². The Hall–Kier alpha value is -0.340. The number of nitrogen functional groups attached to an aromatic ring is 1. The fourth-order valence-electron chi connectivity index (χ4n) is 1.71. The second-order valence-corrected chi connectivity index (χ2v) is 7.32. The van der Waals surface area contributed by atoms with E-state index < -0.39 is 0 Å². The third kappa shape index (κ3) is 4.33. The Labute approximate surface area is 145 Å². The molecule has 0 saturated carbocycles. The Balaban J connectivity index is 2.11. The predicted molar refractivity (Wildman–Crippen MR) is 96.9 cm³/mol. The summed E-state index contributed by atoms with van der Waals surface area (Å²) in [5, 5.41) is 0. The first-order chi connectivity index (χ1) is 9.60. The Morgan fingerprint density at radius 1 is 1.25 bits per heavy atom. The molecule has 0 aliphatic carbocycles. The van der Waals surface area contributed by atoms with Crippen molar-refractivity contribution in [2.75, 3.05) is 5.73 Å². The molecule has 0 unspecified atom stereocenters.